The zero-order valence-corrected chi connectivity index (χ0v) is 13.9. The second-order valence-electron chi connectivity index (χ2n) is 6.23. The minimum Gasteiger partial charge on any atom is -0.358 e. The van der Waals surface area contributed by atoms with Gasteiger partial charge in [0.2, 0.25) is 5.91 Å². The SMILES string of the molecule is Cc1[nH]c2ccccc2c1C(=O)C(=O)N[C@H](C)C(=O)N1CCCC1. The second kappa shape index (κ2) is 6.47. The van der Waals surface area contributed by atoms with Gasteiger partial charge in [0.05, 0.1) is 5.56 Å². The summed E-state index contributed by atoms with van der Waals surface area (Å²) in [5.41, 5.74) is 1.83. The predicted octanol–water partition coefficient (Wildman–Crippen LogP) is 1.79. The summed E-state index contributed by atoms with van der Waals surface area (Å²) in [7, 11) is 0. The highest BCUT2D eigenvalue weighted by Crippen LogP contribution is 2.22. The van der Waals surface area contributed by atoms with Crippen molar-refractivity contribution in [1.82, 2.24) is 15.2 Å². The van der Waals surface area contributed by atoms with Crippen molar-refractivity contribution in [2.24, 2.45) is 0 Å². The second-order valence-corrected chi connectivity index (χ2v) is 6.23. The van der Waals surface area contributed by atoms with Gasteiger partial charge in [-0.3, -0.25) is 14.4 Å². The van der Waals surface area contributed by atoms with Gasteiger partial charge in [0.15, 0.2) is 0 Å². The van der Waals surface area contributed by atoms with Crippen LogP contribution in [-0.4, -0.2) is 46.6 Å². The van der Waals surface area contributed by atoms with Crippen LogP contribution in [0, 0.1) is 6.92 Å². The number of Topliss-reactive ketones (excluding diaryl/α,β-unsaturated/α-hetero) is 1. The zero-order chi connectivity index (χ0) is 17.3. The van der Waals surface area contributed by atoms with E-state index in [0.29, 0.717) is 29.7 Å². The van der Waals surface area contributed by atoms with E-state index in [4.69, 9.17) is 0 Å². The van der Waals surface area contributed by atoms with Crippen molar-refractivity contribution in [2.45, 2.75) is 32.7 Å². The van der Waals surface area contributed by atoms with E-state index in [9.17, 15) is 14.4 Å². The summed E-state index contributed by atoms with van der Waals surface area (Å²) in [6, 6.07) is 6.65. The molecule has 1 saturated heterocycles. The van der Waals surface area contributed by atoms with Crippen LogP contribution >= 0.6 is 0 Å². The molecule has 6 heteroatoms. The molecule has 0 bridgehead atoms. The molecule has 1 fully saturated rings. The van der Waals surface area contributed by atoms with Crippen LogP contribution in [0.5, 0.6) is 0 Å². The molecule has 1 aromatic carbocycles. The molecule has 1 aliphatic heterocycles. The topological polar surface area (TPSA) is 82.3 Å². The molecule has 0 saturated carbocycles. The van der Waals surface area contributed by atoms with Crippen LogP contribution in [0.15, 0.2) is 24.3 Å². The van der Waals surface area contributed by atoms with Gasteiger partial charge >= 0.3 is 0 Å². The third kappa shape index (κ3) is 2.91. The normalized spacial score (nSPS) is 15.5. The minimum atomic E-state index is -0.747. The van der Waals surface area contributed by atoms with Gasteiger partial charge < -0.3 is 15.2 Å². The molecule has 2 aromatic rings. The number of fused-ring (bicyclic) bond motifs is 1. The van der Waals surface area contributed by atoms with E-state index >= 15 is 0 Å². The number of carbonyl (C=O) groups is 3. The van der Waals surface area contributed by atoms with Crippen molar-refractivity contribution >= 4 is 28.5 Å². The number of carbonyl (C=O) groups excluding carboxylic acids is 3. The van der Waals surface area contributed by atoms with Crippen molar-refractivity contribution in [3.63, 3.8) is 0 Å². The van der Waals surface area contributed by atoms with Crippen molar-refractivity contribution in [3.05, 3.63) is 35.5 Å². The van der Waals surface area contributed by atoms with Crippen molar-refractivity contribution in [1.29, 1.82) is 0 Å². The Morgan fingerprint density at radius 2 is 1.83 bits per heavy atom. The molecule has 3 rings (SSSR count). The Kier molecular flexibility index (Phi) is 4.38. The van der Waals surface area contributed by atoms with E-state index in [1.54, 1.807) is 24.8 Å². The number of rotatable bonds is 4. The van der Waals surface area contributed by atoms with E-state index in [0.717, 1.165) is 18.4 Å². The highest BCUT2D eigenvalue weighted by molar-refractivity contribution is 6.45. The van der Waals surface area contributed by atoms with Crippen LogP contribution in [0.4, 0.5) is 0 Å². The third-order valence-corrected chi connectivity index (χ3v) is 4.46. The fourth-order valence-corrected chi connectivity index (χ4v) is 3.22. The number of ketones is 1. The predicted molar refractivity (Wildman–Crippen MR) is 90.8 cm³/mol. The number of amides is 2. The average molecular weight is 327 g/mol. The number of likely N-dealkylation sites (tertiary alicyclic amines) is 1. The number of aromatic nitrogens is 1. The fourth-order valence-electron chi connectivity index (χ4n) is 3.22. The molecule has 0 unspecified atom stereocenters. The summed E-state index contributed by atoms with van der Waals surface area (Å²) in [6.07, 6.45) is 1.97. The smallest absolute Gasteiger partial charge is 0.293 e. The molecule has 1 aromatic heterocycles. The first-order chi connectivity index (χ1) is 11.5. The standard InChI is InChI=1S/C18H21N3O3/c1-11-15(13-7-3-4-8-14(13)19-11)16(22)17(23)20-12(2)18(24)21-9-5-6-10-21/h3-4,7-8,12,19H,5-6,9-10H2,1-2H3,(H,20,23)/t12-/m1/s1. The zero-order valence-electron chi connectivity index (χ0n) is 13.9. The highest BCUT2D eigenvalue weighted by atomic mass is 16.2. The number of benzene rings is 1. The van der Waals surface area contributed by atoms with Gasteiger partial charge in [-0.25, -0.2) is 0 Å². The molecule has 24 heavy (non-hydrogen) atoms. The molecule has 2 heterocycles. The van der Waals surface area contributed by atoms with Gasteiger partial charge in [-0.1, -0.05) is 18.2 Å². The minimum absolute atomic E-state index is 0.135. The van der Waals surface area contributed by atoms with Crippen LogP contribution in [0.25, 0.3) is 10.9 Å². The Morgan fingerprint density at radius 3 is 2.54 bits per heavy atom. The van der Waals surface area contributed by atoms with Crippen molar-refractivity contribution < 1.29 is 14.4 Å². The summed E-state index contributed by atoms with van der Waals surface area (Å²) in [5, 5.41) is 3.26. The number of H-pyrrole nitrogens is 1. The maximum absolute atomic E-state index is 12.6. The molecule has 1 aliphatic rings. The summed E-state index contributed by atoms with van der Waals surface area (Å²) in [6.45, 7) is 4.82. The largest absolute Gasteiger partial charge is 0.358 e. The monoisotopic (exact) mass is 327 g/mol. The summed E-state index contributed by atoms with van der Waals surface area (Å²) in [4.78, 5) is 42.0. The quantitative estimate of drug-likeness (QED) is 0.663. The summed E-state index contributed by atoms with van der Waals surface area (Å²) < 4.78 is 0. The maximum Gasteiger partial charge on any atom is 0.293 e. The lowest BCUT2D eigenvalue weighted by Gasteiger charge is -2.20. The third-order valence-electron chi connectivity index (χ3n) is 4.46. The number of nitrogens with zero attached hydrogens (tertiary/aromatic N) is 1. The molecule has 0 aliphatic carbocycles. The Hall–Kier alpha value is -2.63. The highest BCUT2D eigenvalue weighted by Gasteiger charge is 2.28. The summed E-state index contributed by atoms with van der Waals surface area (Å²) >= 11 is 0. The Bertz CT molecular complexity index is 803. The first-order valence-electron chi connectivity index (χ1n) is 8.20. The molecular formula is C18H21N3O3. The number of nitrogens with one attached hydrogen (secondary N) is 2. The van der Waals surface area contributed by atoms with Gasteiger partial charge in [-0.2, -0.15) is 0 Å². The molecular weight excluding hydrogens is 306 g/mol. The van der Waals surface area contributed by atoms with E-state index < -0.39 is 17.7 Å². The molecule has 1 atom stereocenters. The number of hydrogen-bond acceptors (Lipinski definition) is 3. The molecule has 0 spiro atoms. The lowest BCUT2D eigenvalue weighted by atomic mass is 10.1. The Balaban J connectivity index is 1.75. The van der Waals surface area contributed by atoms with Crippen LogP contribution in [0.1, 0.15) is 35.8 Å². The van der Waals surface area contributed by atoms with Crippen LogP contribution in [0.3, 0.4) is 0 Å². The van der Waals surface area contributed by atoms with E-state index in [2.05, 4.69) is 10.3 Å². The van der Waals surface area contributed by atoms with Crippen molar-refractivity contribution in [2.75, 3.05) is 13.1 Å². The number of hydrogen-bond donors (Lipinski definition) is 2. The lowest BCUT2D eigenvalue weighted by molar-refractivity contribution is -0.134. The van der Waals surface area contributed by atoms with Gasteiger partial charge in [-0.05, 0) is 32.8 Å². The Labute approximate surface area is 140 Å². The van der Waals surface area contributed by atoms with Crippen LogP contribution in [-0.2, 0) is 9.59 Å². The average Bonchev–Trinajstić information content (AvgIpc) is 3.20. The Morgan fingerprint density at radius 1 is 1.17 bits per heavy atom. The maximum atomic E-state index is 12.6. The lowest BCUT2D eigenvalue weighted by Crippen LogP contribution is -2.47. The summed E-state index contributed by atoms with van der Waals surface area (Å²) in [5.74, 6) is -1.50. The van der Waals surface area contributed by atoms with E-state index in [-0.39, 0.29) is 5.91 Å². The number of aryl methyl sites for hydroxylation is 1. The first kappa shape index (κ1) is 16.2. The van der Waals surface area contributed by atoms with Gasteiger partial charge in [0, 0.05) is 29.7 Å². The molecule has 126 valence electrons. The van der Waals surface area contributed by atoms with Gasteiger partial charge in [-0.15, -0.1) is 0 Å². The van der Waals surface area contributed by atoms with Gasteiger partial charge in [0.1, 0.15) is 6.04 Å². The molecule has 2 N–H and O–H groups in total. The first-order valence-corrected chi connectivity index (χ1v) is 8.20. The van der Waals surface area contributed by atoms with Crippen LogP contribution in [0.2, 0.25) is 0 Å². The molecule has 6 nitrogen and oxygen atoms in total. The van der Waals surface area contributed by atoms with Gasteiger partial charge in [0.25, 0.3) is 11.7 Å². The number of para-hydroxylation sites is 1. The molecule has 0 radical (unpaired) electrons. The molecule has 2 amide bonds. The fraction of sp³-hybridized carbons (Fsp3) is 0.389. The van der Waals surface area contributed by atoms with E-state index in [1.165, 1.54) is 0 Å². The van der Waals surface area contributed by atoms with Crippen molar-refractivity contribution in [3.8, 4) is 0 Å². The van der Waals surface area contributed by atoms with Crippen LogP contribution < -0.4 is 5.32 Å². The van der Waals surface area contributed by atoms with E-state index in [1.807, 2.05) is 18.2 Å². The number of aromatic amines is 1.